The van der Waals surface area contributed by atoms with E-state index in [1.165, 1.54) is 69.9 Å². The van der Waals surface area contributed by atoms with Crippen LogP contribution in [0.5, 0.6) is 0 Å². The molecule has 0 bridgehead atoms. The van der Waals surface area contributed by atoms with Gasteiger partial charge >= 0.3 is 0 Å². The molecule has 1 saturated heterocycles. The molecule has 7 aliphatic carbocycles. The van der Waals surface area contributed by atoms with E-state index in [4.69, 9.17) is 0 Å². The maximum Gasteiger partial charge on any atom is 0.0511 e. The van der Waals surface area contributed by atoms with Crippen LogP contribution in [0.2, 0.25) is 0 Å². The molecule has 2 nitrogen and oxygen atoms in total. The van der Waals surface area contributed by atoms with Crippen LogP contribution < -0.4 is 4.90 Å². The van der Waals surface area contributed by atoms with Crippen molar-refractivity contribution in [2.24, 2.45) is 23.2 Å². The largest absolute Gasteiger partial charge is 0.358 e. The molecule has 2 heteroatoms. The maximum absolute atomic E-state index is 2.93. The Morgan fingerprint density at radius 2 is 1.45 bits per heavy atom. The van der Waals surface area contributed by atoms with Crippen molar-refractivity contribution < 1.29 is 0 Å². The van der Waals surface area contributed by atoms with Crippen molar-refractivity contribution in [3.05, 3.63) is 126 Å². The first kappa shape index (κ1) is 30.0. The summed E-state index contributed by atoms with van der Waals surface area (Å²) in [6.45, 7) is 5.00. The van der Waals surface area contributed by atoms with Gasteiger partial charge in [0.05, 0.1) is 12.1 Å². The summed E-state index contributed by atoms with van der Waals surface area (Å²) in [5.41, 5.74) is 8.21. The fourth-order valence-electron chi connectivity index (χ4n) is 11.5. The Hall–Kier alpha value is -3.10. The Balaban J connectivity index is 1.02. The summed E-state index contributed by atoms with van der Waals surface area (Å²) < 4.78 is 0. The molecule has 1 saturated carbocycles. The Bertz CT molecular complexity index is 1600. The van der Waals surface area contributed by atoms with Crippen molar-refractivity contribution >= 4 is 5.69 Å². The predicted molar refractivity (Wildman–Crippen MR) is 197 cm³/mol. The van der Waals surface area contributed by atoms with Crippen LogP contribution in [0.25, 0.3) is 0 Å². The minimum absolute atomic E-state index is 0.162. The van der Waals surface area contributed by atoms with Crippen LogP contribution >= 0.6 is 0 Å². The molecule has 0 spiro atoms. The van der Waals surface area contributed by atoms with Crippen LogP contribution in [0.4, 0.5) is 5.69 Å². The van der Waals surface area contributed by atoms with Crippen LogP contribution in [0.3, 0.4) is 0 Å². The third-order valence-corrected chi connectivity index (χ3v) is 13.6. The van der Waals surface area contributed by atoms with E-state index in [1.807, 2.05) is 0 Å². The summed E-state index contributed by atoms with van der Waals surface area (Å²) in [5.74, 6) is 2.72. The van der Waals surface area contributed by atoms with Gasteiger partial charge in [-0.05, 0) is 105 Å². The molecule has 9 rings (SSSR count). The average Bonchev–Trinajstić information content (AvgIpc) is 3.58. The number of hydrogen-bond acceptors (Lipinski definition) is 2. The van der Waals surface area contributed by atoms with E-state index in [0.717, 1.165) is 18.3 Å². The van der Waals surface area contributed by atoms with Crippen molar-refractivity contribution in [1.29, 1.82) is 0 Å². The Labute approximate surface area is 284 Å². The zero-order valence-electron chi connectivity index (χ0n) is 28.7. The fourth-order valence-corrected chi connectivity index (χ4v) is 11.5. The second-order valence-electron chi connectivity index (χ2n) is 16.3. The summed E-state index contributed by atoms with van der Waals surface area (Å²) in [6.07, 6.45) is 46.4. The number of benzene rings is 1. The minimum atomic E-state index is 0.162. The molecule has 2 fully saturated rings. The highest BCUT2D eigenvalue weighted by Crippen LogP contribution is 2.58. The van der Waals surface area contributed by atoms with Gasteiger partial charge in [-0.1, -0.05) is 117 Å². The quantitative estimate of drug-likeness (QED) is 0.302. The van der Waals surface area contributed by atoms with Gasteiger partial charge in [0.1, 0.15) is 0 Å². The van der Waals surface area contributed by atoms with Gasteiger partial charge in [0.2, 0.25) is 0 Å². The van der Waals surface area contributed by atoms with Crippen molar-refractivity contribution in [2.45, 2.75) is 121 Å². The maximum atomic E-state index is 2.93. The molecule has 47 heavy (non-hydrogen) atoms. The van der Waals surface area contributed by atoms with E-state index in [9.17, 15) is 0 Å². The molecular formula is C45H54N2. The highest BCUT2D eigenvalue weighted by molar-refractivity contribution is 5.61. The van der Waals surface area contributed by atoms with Crippen LogP contribution in [-0.2, 0) is 0 Å². The Morgan fingerprint density at radius 3 is 2.19 bits per heavy atom. The first-order chi connectivity index (χ1) is 23.1. The van der Waals surface area contributed by atoms with Gasteiger partial charge < -0.3 is 4.90 Å². The molecule has 0 N–H and O–H groups in total. The lowest BCUT2D eigenvalue weighted by atomic mass is 9.76. The summed E-state index contributed by atoms with van der Waals surface area (Å²) in [5, 5.41) is 0. The van der Waals surface area contributed by atoms with Crippen LogP contribution in [0.15, 0.2) is 120 Å². The number of fused-ring (bicyclic) bond motifs is 6. The Morgan fingerprint density at radius 1 is 0.681 bits per heavy atom. The topological polar surface area (TPSA) is 6.48 Å². The molecule has 1 aliphatic heterocycles. The molecule has 8 aliphatic rings. The van der Waals surface area contributed by atoms with E-state index >= 15 is 0 Å². The van der Waals surface area contributed by atoms with E-state index in [-0.39, 0.29) is 5.41 Å². The molecule has 1 aromatic rings. The molecule has 0 amide bonds. The summed E-state index contributed by atoms with van der Waals surface area (Å²) in [4.78, 5) is 5.77. The van der Waals surface area contributed by atoms with Crippen LogP contribution in [0, 0.1) is 23.2 Å². The fraction of sp³-hybridized carbons (Fsp3) is 0.511. The van der Waals surface area contributed by atoms with Gasteiger partial charge in [-0.15, -0.1) is 0 Å². The Kier molecular flexibility index (Phi) is 7.72. The molecule has 9 unspecified atom stereocenters. The van der Waals surface area contributed by atoms with Crippen LogP contribution in [-0.4, -0.2) is 35.1 Å². The smallest absolute Gasteiger partial charge is 0.0511 e. The molecule has 1 aromatic carbocycles. The zero-order chi connectivity index (χ0) is 31.5. The number of rotatable bonds is 5. The number of anilines is 1. The van der Waals surface area contributed by atoms with Crippen molar-refractivity contribution in [3.8, 4) is 0 Å². The van der Waals surface area contributed by atoms with Crippen molar-refractivity contribution in [1.82, 2.24) is 4.90 Å². The third-order valence-electron chi connectivity index (χ3n) is 13.6. The SMILES string of the molecule is CC1(C)C2=CCCC=C2C2CCC(N(C3C=CC=CC3)C3C=CC(c4ccccc4N4C5C=CCCC5C5CCC=CC54)CC3)C=C21. The van der Waals surface area contributed by atoms with Gasteiger partial charge in [-0.3, -0.25) is 4.90 Å². The standard InChI is InChI=1S/C45H54N2/c1-45(2)40-20-10-6-17-36(40)37-29-28-34(30-41(37)45)46(32-14-4-3-5-15-32)33-26-24-31(25-27-33)35-16-7-11-21-42(35)47-43-22-12-8-18-38(43)39-19-9-13-23-44(39)47/h3-5,7,11-14,16-17,20-24,26,30-34,37-39,43-44H,6,8-10,15,18-19,25,27-29H2,1-2H3. The molecule has 0 aromatic heterocycles. The van der Waals surface area contributed by atoms with Gasteiger partial charge in [0.15, 0.2) is 0 Å². The lowest BCUT2D eigenvalue weighted by Gasteiger charge is -2.45. The second kappa shape index (κ2) is 12.1. The number of nitrogens with zero attached hydrogens (tertiary/aromatic N) is 2. The number of allylic oxidation sites excluding steroid dienone is 10. The molecular weight excluding hydrogens is 569 g/mol. The lowest BCUT2D eigenvalue weighted by Crippen LogP contribution is -2.49. The normalized spacial score (nSPS) is 38.0. The van der Waals surface area contributed by atoms with Gasteiger partial charge in [-0.25, -0.2) is 0 Å². The first-order valence-corrected chi connectivity index (χ1v) is 19.2. The van der Waals surface area contributed by atoms with Crippen LogP contribution in [0.1, 0.15) is 96.0 Å². The summed E-state index contributed by atoms with van der Waals surface area (Å²) >= 11 is 0. The number of para-hydroxylation sites is 1. The second-order valence-corrected chi connectivity index (χ2v) is 16.3. The third kappa shape index (κ3) is 4.99. The summed E-state index contributed by atoms with van der Waals surface area (Å²) in [6, 6.07) is 12.0. The van der Waals surface area contributed by atoms with E-state index < -0.39 is 0 Å². The average molecular weight is 623 g/mol. The highest BCUT2D eigenvalue weighted by atomic mass is 15.2. The highest BCUT2D eigenvalue weighted by Gasteiger charge is 2.49. The number of hydrogen-bond donors (Lipinski definition) is 0. The molecule has 1 heterocycles. The summed E-state index contributed by atoms with van der Waals surface area (Å²) in [7, 11) is 0. The van der Waals surface area contributed by atoms with Gasteiger partial charge in [0.25, 0.3) is 0 Å². The monoisotopic (exact) mass is 622 g/mol. The molecule has 9 atom stereocenters. The minimum Gasteiger partial charge on any atom is -0.358 e. The predicted octanol–water partition coefficient (Wildman–Crippen LogP) is 10.6. The lowest BCUT2D eigenvalue weighted by molar-refractivity contribution is 0.124. The van der Waals surface area contributed by atoms with Gasteiger partial charge in [0, 0.05) is 41.1 Å². The van der Waals surface area contributed by atoms with Gasteiger partial charge in [-0.2, -0.15) is 0 Å². The molecule has 244 valence electrons. The molecule has 0 radical (unpaired) electrons. The van der Waals surface area contributed by atoms with E-state index in [0.29, 0.717) is 42.0 Å². The van der Waals surface area contributed by atoms with Crippen molar-refractivity contribution in [2.75, 3.05) is 4.90 Å². The zero-order valence-corrected chi connectivity index (χ0v) is 28.7. The first-order valence-electron chi connectivity index (χ1n) is 19.2. The van der Waals surface area contributed by atoms with E-state index in [1.54, 1.807) is 22.3 Å². The van der Waals surface area contributed by atoms with E-state index in [2.05, 4.69) is 127 Å². The van der Waals surface area contributed by atoms with Crippen molar-refractivity contribution in [3.63, 3.8) is 0 Å².